The Morgan fingerprint density at radius 1 is 1.00 bits per heavy atom. The number of carbonyl (C=O) groups excluding carboxylic acids is 2. The first-order valence-electron chi connectivity index (χ1n) is 7.43. The SMILES string of the molecule is CCc1ccccc1NC(=O)CC(=O)Nc1ccc(C)cc1Br. The van der Waals surface area contributed by atoms with Crippen LogP contribution in [-0.4, -0.2) is 11.8 Å². The van der Waals surface area contributed by atoms with Crippen molar-refractivity contribution in [3.8, 4) is 0 Å². The van der Waals surface area contributed by atoms with Crippen molar-refractivity contribution in [1.82, 2.24) is 0 Å². The number of nitrogens with one attached hydrogen (secondary N) is 2. The molecule has 0 radical (unpaired) electrons. The first-order valence-corrected chi connectivity index (χ1v) is 8.22. The van der Waals surface area contributed by atoms with E-state index in [1.54, 1.807) is 0 Å². The lowest BCUT2D eigenvalue weighted by Crippen LogP contribution is -2.22. The van der Waals surface area contributed by atoms with Crippen molar-refractivity contribution < 1.29 is 9.59 Å². The standard InChI is InChI=1S/C18H19BrN2O2/c1-3-13-6-4-5-7-15(13)20-17(22)11-18(23)21-16-9-8-12(2)10-14(16)19/h4-10H,3,11H2,1-2H3,(H,20,22)(H,21,23). The van der Waals surface area contributed by atoms with Crippen LogP contribution in [0.1, 0.15) is 24.5 Å². The predicted molar refractivity (Wildman–Crippen MR) is 96.6 cm³/mol. The third kappa shape index (κ3) is 4.93. The van der Waals surface area contributed by atoms with Crippen LogP contribution in [0, 0.1) is 6.92 Å². The molecule has 2 N–H and O–H groups in total. The summed E-state index contributed by atoms with van der Waals surface area (Å²) in [6.07, 6.45) is 0.595. The summed E-state index contributed by atoms with van der Waals surface area (Å²) < 4.78 is 0.794. The normalized spacial score (nSPS) is 10.2. The van der Waals surface area contributed by atoms with E-state index in [0.29, 0.717) is 5.69 Å². The van der Waals surface area contributed by atoms with E-state index in [4.69, 9.17) is 0 Å². The highest BCUT2D eigenvalue weighted by molar-refractivity contribution is 9.10. The molecule has 0 saturated carbocycles. The van der Waals surface area contributed by atoms with Crippen LogP contribution in [0.4, 0.5) is 11.4 Å². The van der Waals surface area contributed by atoms with Gasteiger partial charge in [-0.05, 0) is 58.6 Å². The summed E-state index contributed by atoms with van der Waals surface area (Å²) in [5.41, 5.74) is 3.54. The van der Waals surface area contributed by atoms with Crippen LogP contribution in [0.5, 0.6) is 0 Å². The first kappa shape index (κ1) is 17.2. The molecule has 0 aliphatic heterocycles. The number of carbonyl (C=O) groups is 2. The Bertz CT molecular complexity index is 729. The van der Waals surface area contributed by atoms with Crippen molar-refractivity contribution in [2.24, 2.45) is 0 Å². The summed E-state index contributed by atoms with van der Waals surface area (Å²) in [5.74, 6) is -0.673. The van der Waals surface area contributed by atoms with Gasteiger partial charge in [-0.3, -0.25) is 9.59 Å². The maximum absolute atomic E-state index is 12.0. The Hall–Kier alpha value is -2.14. The van der Waals surface area contributed by atoms with E-state index in [0.717, 1.165) is 27.7 Å². The second-order valence-corrected chi connectivity index (χ2v) is 6.12. The molecule has 0 aromatic heterocycles. The number of halogens is 1. The van der Waals surface area contributed by atoms with E-state index in [1.807, 2.05) is 56.3 Å². The zero-order valence-corrected chi connectivity index (χ0v) is 14.7. The second kappa shape index (κ2) is 7.92. The number of hydrogen-bond acceptors (Lipinski definition) is 2. The average molecular weight is 375 g/mol. The van der Waals surface area contributed by atoms with Crippen molar-refractivity contribution in [2.45, 2.75) is 26.7 Å². The summed E-state index contributed by atoms with van der Waals surface area (Å²) in [6, 6.07) is 13.2. The minimum absolute atomic E-state index is 0.224. The quantitative estimate of drug-likeness (QED) is 0.766. The molecule has 0 spiro atoms. The minimum atomic E-state index is -0.346. The van der Waals surface area contributed by atoms with Gasteiger partial charge in [0, 0.05) is 10.2 Å². The van der Waals surface area contributed by atoms with Crippen LogP contribution < -0.4 is 10.6 Å². The summed E-state index contributed by atoms with van der Waals surface area (Å²) in [7, 11) is 0. The monoisotopic (exact) mass is 374 g/mol. The topological polar surface area (TPSA) is 58.2 Å². The average Bonchev–Trinajstić information content (AvgIpc) is 2.50. The van der Waals surface area contributed by atoms with Gasteiger partial charge in [-0.2, -0.15) is 0 Å². The van der Waals surface area contributed by atoms with Crippen molar-refractivity contribution in [1.29, 1.82) is 0 Å². The fourth-order valence-corrected chi connectivity index (χ4v) is 2.80. The lowest BCUT2D eigenvalue weighted by molar-refractivity contribution is -0.123. The van der Waals surface area contributed by atoms with Crippen LogP contribution in [0.25, 0.3) is 0 Å². The predicted octanol–water partition coefficient (Wildman–Crippen LogP) is 4.29. The first-order chi connectivity index (χ1) is 11.0. The molecule has 0 aliphatic carbocycles. The van der Waals surface area contributed by atoms with Crippen LogP contribution in [0.3, 0.4) is 0 Å². The van der Waals surface area contributed by atoms with E-state index >= 15 is 0 Å². The zero-order valence-electron chi connectivity index (χ0n) is 13.2. The molecule has 0 bridgehead atoms. The summed E-state index contributed by atoms with van der Waals surface area (Å²) >= 11 is 3.40. The number of aryl methyl sites for hydroxylation is 2. The Morgan fingerprint density at radius 2 is 1.65 bits per heavy atom. The third-order valence-corrected chi connectivity index (χ3v) is 4.05. The Labute approximate surface area is 144 Å². The van der Waals surface area contributed by atoms with Gasteiger partial charge in [0.15, 0.2) is 0 Å². The largest absolute Gasteiger partial charge is 0.325 e. The van der Waals surface area contributed by atoms with Gasteiger partial charge in [0.2, 0.25) is 11.8 Å². The second-order valence-electron chi connectivity index (χ2n) is 5.27. The zero-order chi connectivity index (χ0) is 16.8. The van der Waals surface area contributed by atoms with Crippen molar-refractivity contribution >= 4 is 39.1 Å². The molecule has 2 amide bonds. The molecule has 2 aromatic carbocycles. The van der Waals surface area contributed by atoms with Gasteiger partial charge in [0.05, 0.1) is 5.69 Å². The Kier molecular flexibility index (Phi) is 5.93. The highest BCUT2D eigenvalue weighted by Gasteiger charge is 2.12. The van der Waals surface area contributed by atoms with Gasteiger partial charge in [0.25, 0.3) is 0 Å². The molecule has 2 rings (SSSR count). The maximum Gasteiger partial charge on any atom is 0.233 e. The molecular weight excluding hydrogens is 356 g/mol. The maximum atomic E-state index is 12.0. The molecule has 0 aliphatic rings. The van der Waals surface area contributed by atoms with E-state index in [2.05, 4.69) is 26.6 Å². The molecule has 0 unspecified atom stereocenters. The van der Waals surface area contributed by atoms with Gasteiger partial charge in [0.1, 0.15) is 6.42 Å². The van der Waals surface area contributed by atoms with E-state index < -0.39 is 0 Å². The van der Waals surface area contributed by atoms with Gasteiger partial charge < -0.3 is 10.6 Å². The van der Waals surface area contributed by atoms with Gasteiger partial charge in [-0.25, -0.2) is 0 Å². The molecule has 0 saturated heterocycles. The van der Waals surface area contributed by atoms with Gasteiger partial charge in [-0.1, -0.05) is 31.2 Å². The number of hydrogen-bond donors (Lipinski definition) is 2. The molecule has 120 valence electrons. The molecule has 23 heavy (non-hydrogen) atoms. The van der Waals surface area contributed by atoms with E-state index in [-0.39, 0.29) is 18.2 Å². The number of anilines is 2. The fourth-order valence-electron chi connectivity index (χ4n) is 2.21. The molecular formula is C18H19BrN2O2. The van der Waals surface area contributed by atoms with Gasteiger partial charge >= 0.3 is 0 Å². The molecule has 4 nitrogen and oxygen atoms in total. The number of para-hydroxylation sites is 1. The lowest BCUT2D eigenvalue weighted by Gasteiger charge is -2.10. The summed E-state index contributed by atoms with van der Waals surface area (Å²) in [4.78, 5) is 24.0. The molecule has 0 fully saturated rings. The highest BCUT2D eigenvalue weighted by atomic mass is 79.9. The molecule has 5 heteroatoms. The van der Waals surface area contributed by atoms with E-state index in [1.165, 1.54) is 0 Å². The summed E-state index contributed by atoms with van der Waals surface area (Å²) in [5, 5.41) is 5.53. The van der Waals surface area contributed by atoms with Crippen molar-refractivity contribution in [3.63, 3.8) is 0 Å². The third-order valence-electron chi connectivity index (χ3n) is 3.39. The number of amides is 2. The number of rotatable bonds is 5. The fraction of sp³-hybridized carbons (Fsp3) is 0.222. The van der Waals surface area contributed by atoms with Crippen LogP contribution in [-0.2, 0) is 16.0 Å². The minimum Gasteiger partial charge on any atom is -0.325 e. The van der Waals surface area contributed by atoms with E-state index in [9.17, 15) is 9.59 Å². The lowest BCUT2D eigenvalue weighted by atomic mass is 10.1. The van der Waals surface area contributed by atoms with Crippen LogP contribution in [0.15, 0.2) is 46.9 Å². The van der Waals surface area contributed by atoms with Crippen LogP contribution >= 0.6 is 15.9 Å². The molecule has 0 atom stereocenters. The molecule has 0 heterocycles. The number of benzene rings is 2. The van der Waals surface area contributed by atoms with Crippen molar-refractivity contribution in [2.75, 3.05) is 10.6 Å². The van der Waals surface area contributed by atoms with Gasteiger partial charge in [-0.15, -0.1) is 0 Å². The smallest absolute Gasteiger partial charge is 0.233 e. The molecule has 2 aromatic rings. The Morgan fingerprint density at radius 3 is 2.30 bits per heavy atom. The Balaban J connectivity index is 1.96. The van der Waals surface area contributed by atoms with Crippen LogP contribution in [0.2, 0.25) is 0 Å². The highest BCUT2D eigenvalue weighted by Crippen LogP contribution is 2.23. The van der Waals surface area contributed by atoms with Crippen molar-refractivity contribution in [3.05, 3.63) is 58.1 Å². The summed E-state index contributed by atoms with van der Waals surface area (Å²) in [6.45, 7) is 3.99.